The molecule has 4 amide bonds. The van der Waals surface area contributed by atoms with Gasteiger partial charge in [-0.1, -0.05) is 13.0 Å². The number of methoxy groups -OCH3 is 1. The second kappa shape index (κ2) is 7.81. The first-order valence-corrected chi connectivity index (χ1v) is 8.00. The van der Waals surface area contributed by atoms with Gasteiger partial charge in [-0.3, -0.25) is 24.2 Å². The number of barbiturate groups is 1. The summed E-state index contributed by atoms with van der Waals surface area (Å²) >= 11 is 0. The zero-order valence-corrected chi connectivity index (χ0v) is 15.1. The first kappa shape index (κ1) is 19.2. The monoisotopic (exact) mass is 360 g/mol. The third kappa shape index (κ3) is 3.74. The number of esters is 1. The Balaban J connectivity index is 2.35. The molecule has 0 bridgehead atoms. The van der Waals surface area contributed by atoms with E-state index in [0.29, 0.717) is 12.0 Å². The number of likely N-dealkylation sites (N-methyl/N-ethyl adjacent to an activating group) is 2. The zero-order chi connectivity index (χ0) is 19.4. The fraction of sp³-hybridized carbons (Fsp3) is 0.333. The normalized spacial score (nSPS) is 14.6. The minimum Gasteiger partial charge on any atom is -0.493 e. The van der Waals surface area contributed by atoms with Crippen LogP contribution in [0.25, 0.3) is 6.08 Å². The number of urea groups is 1. The Morgan fingerprint density at radius 2 is 1.69 bits per heavy atom. The summed E-state index contributed by atoms with van der Waals surface area (Å²) in [6.45, 7) is 1.87. The Bertz CT molecular complexity index is 773. The van der Waals surface area contributed by atoms with Crippen LogP contribution in [0, 0.1) is 0 Å². The van der Waals surface area contributed by atoms with Crippen molar-refractivity contribution in [3.8, 4) is 11.5 Å². The van der Waals surface area contributed by atoms with E-state index < -0.39 is 17.8 Å². The maximum atomic E-state index is 12.2. The molecule has 2 rings (SSSR count). The maximum absolute atomic E-state index is 12.2. The Hall–Kier alpha value is -3.16. The topological polar surface area (TPSA) is 93.2 Å². The number of imide groups is 2. The van der Waals surface area contributed by atoms with Crippen molar-refractivity contribution >= 4 is 29.9 Å². The summed E-state index contributed by atoms with van der Waals surface area (Å²) in [6, 6.07) is 3.96. The van der Waals surface area contributed by atoms with Gasteiger partial charge in [-0.05, 0) is 30.2 Å². The second-order valence-electron chi connectivity index (χ2n) is 5.70. The first-order chi connectivity index (χ1) is 12.3. The molecule has 26 heavy (non-hydrogen) atoms. The molecule has 0 aromatic heterocycles. The fourth-order valence-corrected chi connectivity index (χ4v) is 2.38. The number of hydrogen-bond acceptors (Lipinski definition) is 6. The van der Waals surface area contributed by atoms with Gasteiger partial charge in [0.05, 0.1) is 7.11 Å². The smallest absolute Gasteiger partial charge is 0.333 e. The Labute approximate surface area is 151 Å². The number of rotatable bonds is 5. The summed E-state index contributed by atoms with van der Waals surface area (Å²) in [6.07, 6.45) is 2.31. The third-order valence-electron chi connectivity index (χ3n) is 3.82. The Morgan fingerprint density at radius 3 is 2.23 bits per heavy atom. The van der Waals surface area contributed by atoms with E-state index in [2.05, 4.69) is 0 Å². The van der Waals surface area contributed by atoms with Gasteiger partial charge >= 0.3 is 12.0 Å². The van der Waals surface area contributed by atoms with Gasteiger partial charge in [-0.15, -0.1) is 0 Å². The van der Waals surface area contributed by atoms with Crippen LogP contribution in [-0.4, -0.2) is 54.8 Å². The van der Waals surface area contributed by atoms with Crippen molar-refractivity contribution in [2.24, 2.45) is 0 Å². The molecular weight excluding hydrogens is 340 g/mol. The van der Waals surface area contributed by atoms with E-state index >= 15 is 0 Å². The van der Waals surface area contributed by atoms with Gasteiger partial charge in [-0.2, -0.15) is 0 Å². The highest BCUT2D eigenvalue weighted by atomic mass is 16.6. The number of carbonyl (C=O) groups excluding carboxylic acids is 4. The van der Waals surface area contributed by atoms with Crippen LogP contribution in [0.1, 0.15) is 25.3 Å². The standard InChI is InChI=1S/C18H20N2O6/c1-5-6-15(21)26-13-8-7-11(10-14(13)25-4)9-12-16(22)19(2)18(24)20(3)17(12)23/h7-10H,5-6H2,1-4H3. The van der Waals surface area contributed by atoms with Crippen molar-refractivity contribution in [2.75, 3.05) is 21.2 Å². The number of hydrogen-bond donors (Lipinski definition) is 0. The predicted molar refractivity (Wildman–Crippen MR) is 92.5 cm³/mol. The molecule has 0 saturated carbocycles. The molecule has 1 aromatic rings. The van der Waals surface area contributed by atoms with Gasteiger partial charge in [0.25, 0.3) is 11.8 Å². The van der Waals surface area contributed by atoms with E-state index in [-0.39, 0.29) is 29.5 Å². The molecule has 138 valence electrons. The summed E-state index contributed by atoms with van der Waals surface area (Å²) in [7, 11) is 4.02. The van der Waals surface area contributed by atoms with E-state index in [1.165, 1.54) is 33.3 Å². The molecule has 1 aromatic carbocycles. The van der Waals surface area contributed by atoms with Gasteiger partial charge < -0.3 is 9.47 Å². The van der Waals surface area contributed by atoms with Crippen molar-refractivity contribution in [3.05, 3.63) is 29.3 Å². The van der Waals surface area contributed by atoms with Crippen molar-refractivity contribution in [2.45, 2.75) is 19.8 Å². The molecule has 1 heterocycles. The third-order valence-corrected chi connectivity index (χ3v) is 3.82. The van der Waals surface area contributed by atoms with Crippen LogP contribution in [0.15, 0.2) is 23.8 Å². The summed E-state index contributed by atoms with van der Waals surface area (Å²) in [4.78, 5) is 49.6. The summed E-state index contributed by atoms with van der Waals surface area (Å²) in [5.74, 6) is -1.21. The van der Waals surface area contributed by atoms with Crippen molar-refractivity contribution in [1.29, 1.82) is 0 Å². The van der Waals surface area contributed by atoms with Crippen molar-refractivity contribution < 1.29 is 28.7 Å². The molecular formula is C18H20N2O6. The first-order valence-electron chi connectivity index (χ1n) is 8.00. The lowest BCUT2D eigenvalue weighted by Crippen LogP contribution is -2.52. The Kier molecular flexibility index (Phi) is 5.76. The highest BCUT2D eigenvalue weighted by Crippen LogP contribution is 2.30. The van der Waals surface area contributed by atoms with Crippen LogP contribution in [0.2, 0.25) is 0 Å². The number of amides is 4. The predicted octanol–water partition coefficient (Wildman–Crippen LogP) is 1.83. The lowest BCUT2D eigenvalue weighted by Gasteiger charge is -2.28. The molecule has 0 unspecified atom stereocenters. The van der Waals surface area contributed by atoms with Crippen LogP contribution in [0.5, 0.6) is 11.5 Å². The lowest BCUT2D eigenvalue weighted by atomic mass is 10.1. The maximum Gasteiger partial charge on any atom is 0.333 e. The average Bonchev–Trinajstić information content (AvgIpc) is 2.63. The van der Waals surface area contributed by atoms with E-state index in [1.54, 1.807) is 12.1 Å². The van der Waals surface area contributed by atoms with Gasteiger partial charge in [-0.25, -0.2) is 4.79 Å². The molecule has 1 fully saturated rings. The molecule has 1 aliphatic rings. The molecule has 8 nitrogen and oxygen atoms in total. The molecule has 1 saturated heterocycles. The highest BCUT2D eigenvalue weighted by molar-refractivity contribution is 6.30. The molecule has 0 radical (unpaired) electrons. The minimum atomic E-state index is -0.687. The summed E-state index contributed by atoms with van der Waals surface area (Å²) < 4.78 is 10.4. The summed E-state index contributed by atoms with van der Waals surface area (Å²) in [5.41, 5.74) is 0.345. The number of ether oxygens (including phenoxy) is 2. The second-order valence-corrected chi connectivity index (χ2v) is 5.70. The van der Waals surface area contributed by atoms with Gasteiger partial charge in [0.1, 0.15) is 5.57 Å². The van der Waals surface area contributed by atoms with Crippen LogP contribution in [0.3, 0.4) is 0 Å². The van der Waals surface area contributed by atoms with Gasteiger partial charge in [0.15, 0.2) is 11.5 Å². The van der Waals surface area contributed by atoms with Crippen molar-refractivity contribution in [1.82, 2.24) is 9.80 Å². The SMILES string of the molecule is CCCC(=O)Oc1ccc(C=C2C(=O)N(C)C(=O)N(C)C2=O)cc1OC. The average molecular weight is 360 g/mol. The molecule has 8 heteroatoms. The molecule has 0 spiro atoms. The fourth-order valence-electron chi connectivity index (χ4n) is 2.38. The van der Waals surface area contributed by atoms with Crippen molar-refractivity contribution in [3.63, 3.8) is 0 Å². The number of nitrogens with zero attached hydrogens (tertiary/aromatic N) is 2. The van der Waals surface area contributed by atoms with Crippen LogP contribution in [-0.2, 0) is 14.4 Å². The van der Waals surface area contributed by atoms with E-state index in [9.17, 15) is 19.2 Å². The largest absolute Gasteiger partial charge is 0.493 e. The molecule has 0 atom stereocenters. The Morgan fingerprint density at radius 1 is 1.08 bits per heavy atom. The number of benzene rings is 1. The number of carbonyl (C=O) groups is 4. The minimum absolute atomic E-state index is 0.146. The van der Waals surface area contributed by atoms with E-state index in [4.69, 9.17) is 9.47 Å². The van der Waals surface area contributed by atoms with Crippen LogP contribution < -0.4 is 9.47 Å². The van der Waals surface area contributed by atoms with Crippen LogP contribution in [0.4, 0.5) is 4.79 Å². The zero-order valence-electron chi connectivity index (χ0n) is 15.1. The lowest BCUT2D eigenvalue weighted by molar-refractivity contribution is -0.135. The van der Waals surface area contributed by atoms with Crippen LogP contribution >= 0.6 is 0 Å². The molecule has 1 aliphatic heterocycles. The molecule has 0 aliphatic carbocycles. The summed E-state index contributed by atoms with van der Waals surface area (Å²) in [5, 5.41) is 0. The van der Waals surface area contributed by atoms with E-state index in [0.717, 1.165) is 9.80 Å². The van der Waals surface area contributed by atoms with E-state index in [1.807, 2.05) is 6.92 Å². The quantitative estimate of drug-likeness (QED) is 0.344. The highest BCUT2D eigenvalue weighted by Gasteiger charge is 2.37. The van der Waals surface area contributed by atoms with Gasteiger partial charge in [0, 0.05) is 20.5 Å². The van der Waals surface area contributed by atoms with Gasteiger partial charge in [0.2, 0.25) is 0 Å². The molecule has 0 N–H and O–H groups in total.